The number of methoxy groups -OCH3 is 1. The summed E-state index contributed by atoms with van der Waals surface area (Å²) in [6.07, 6.45) is 0.780. The van der Waals surface area contributed by atoms with Gasteiger partial charge in [-0.25, -0.2) is 0 Å². The Morgan fingerprint density at radius 1 is 1.44 bits per heavy atom. The van der Waals surface area contributed by atoms with E-state index in [1.165, 1.54) is 0 Å². The summed E-state index contributed by atoms with van der Waals surface area (Å²) in [5.41, 5.74) is 7.25. The minimum absolute atomic E-state index is 0.214. The maximum atomic E-state index is 6.06. The van der Waals surface area contributed by atoms with Gasteiger partial charge in [0.15, 0.2) is 0 Å². The predicted molar refractivity (Wildman–Crippen MR) is 68.6 cm³/mol. The number of ether oxygens (including phenoxy) is 1. The van der Waals surface area contributed by atoms with Crippen molar-refractivity contribution in [2.45, 2.75) is 19.9 Å². The lowest BCUT2D eigenvalue weighted by atomic mass is 10.0. The van der Waals surface area contributed by atoms with Crippen LogP contribution in [0.3, 0.4) is 0 Å². The second-order valence-electron chi connectivity index (χ2n) is 3.70. The zero-order valence-corrected chi connectivity index (χ0v) is 11.0. The Bertz CT molecular complexity index is 554. The molecule has 2 rings (SSSR count). The fraction of sp³-hybridized carbons (Fsp3) is 0.333. The van der Waals surface area contributed by atoms with Gasteiger partial charge in [-0.3, -0.25) is 0 Å². The molecule has 1 aromatic carbocycles. The molecule has 0 radical (unpaired) electrons. The van der Waals surface area contributed by atoms with E-state index in [-0.39, 0.29) is 6.54 Å². The number of hydrogen-bond donors (Lipinski definition) is 1. The Labute approximate surface area is 110 Å². The van der Waals surface area contributed by atoms with Gasteiger partial charge in [0.1, 0.15) is 5.75 Å². The van der Waals surface area contributed by atoms with Crippen LogP contribution in [0.4, 0.5) is 0 Å². The smallest absolute Gasteiger partial charge is 0.240 e. The van der Waals surface area contributed by atoms with Gasteiger partial charge in [0.25, 0.3) is 0 Å². The van der Waals surface area contributed by atoms with E-state index in [0.29, 0.717) is 16.7 Å². The van der Waals surface area contributed by atoms with E-state index in [4.69, 9.17) is 26.6 Å². The third kappa shape index (κ3) is 2.32. The topological polar surface area (TPSA) is 74.2 Å². The zero-order chi connectivity index (χ0) is 13.1. The average molecular weight is 268 g/mol. The molecule has 0 amide bonds. The molecule has 0 unspecified atom stereocenters. The van der Waals surface area contributed by atoms with Crippen LogP contribution in [0, 0.1) is 0 Å². The lowest BCUT2D eigenvalue weighted by Gasteiger charge is -2.10. The van der Waals surface area contributed by atoms with Crippen LogP contribution >= 0.6 is 11.6 Å². The van der Waals surface area contributed by atoms with Crippen molar-refractivity contribution in [2.75, 3.05) is 7.11 Å². The van der Waals surface area contributed by atoms with Crippen molar-refractivity contribution in [3.63, 3.8) is 0 Å². The van der Waals surface area contributed by atoms with Crippen molar-refractivity contribution in [3.8, 4) is 17.1 Å². The minimum Gasteiger partial charge on any atom is -0.496 e. The molecule has 6 heteroatoms. The molecule has 0 saturated carbocycles. The molecule has 0 saturated heterocycles. The summed E-state index contributed by atoms with van der Waals surface area (Å²) in [5, 5.41) is 4.47. The molecular formula is C12H14ClN3O2. The molecule has 96 valence electrons. The highest BCUT2D eigenvalue weighted by Crippen LogP contribution is 2.33. The average Bonchev–Trinajstić information content (AvgIpc) is 2.86. The predicted octanol–water partition coefficient (Wildman–Crippen LogP) is 2.42. The maximum Gasteiger partial charge on any atom is 0.240 e. The quantitative estimate of drug-likeness (QED) is 0.921. The van der Waals surface area contributed by atoms with Crippen molar-refractivity contribution in [3.05, 3.63) is 28.6 Å². The number of hydrogen-bond acceptors (Lipinski definition) is 5. The molecule has 0 spiro atoms. The SMILES string of the molecule is CCc1c(OC)cc(Cl)cc1-c1noc(CN)n1. The number of halogens is 1. The molecule has 0 atom stereocenters. The number of nitrogens with zero attached hydrogens (tertiary/aromatic N) is 2. The Morgan fingerprint density at radius 2 is 2.22 bits per heavy atom. The highest BCUT2D eigenvalue weighted by atomic mass is 35.5. The van der Waals surface area contributed by atoms with Gasteiger partial charge in [0, 0.05) is 16.1 Å². The van der Waals surface area contributed by atoms with Crippen molar-refractivity contribution in [1.82, 2.24) is 10.1 Å². The Balaban J connectivity index is 2.58. The third-order valence-corrected chi connectivity index (χ3v) is 2.85. The summed E-state index contributed by atoms with van der Waals surface area (Å²) < 4.78 is 10.3. The summed E-state index contributed by atoms with van der Waals surface area (Å²) >= 11 is 6.06. The van der Waals surface area contributed by atoms with Crippen LogP contribution in [0.15, 0.2) is 16.7 Å². The molecule has 5 nitrogen and oxygen atoms in total. The summed E-state index contributed by atoms with van der Waals surface area (Å²) in [6, 6.07) is 3.57. The molecule has 18 heavy (non-hydrogen) atoms. The molecule has 0 bridgehead atoms. The van der Waals surface area contributed by atoms with Gasteiger partial charge in [-0.2, -0.15) is 4.98 Å². The summed E-state index contributed by atoms with van der Waals surface area (Å²) in [5.74, 6) is 1.60. The van der Waals surface area contributed by atoms with Gasteiger partial charge < -0.3 is 15.0 Å². The van der Waals surface area contributed by atoms with E-state index in [0.717, 1.165) is 23.3 Å². The number of nitrogens with two attached hydrogens (primary N) is 1. The first-order chi connectivity index (χ1) is 8.69. The fourth-order valence-corrected chi connectivity index (χ4v) is 2.01. The molecular weight excluding hydrogens is 254 g/mol. The highest BCUT2D eigenvalue weighted by molar-refractivity contribution is 6.31. The van der Waals surface area contributed by atoms with Gasteiger partial charge in [-0.15, -0.1) is 0 Å². The highest BCUT2D eigenvalue weighted by Gasteiger charge is 2.16. The summed E-state index contributed by atoms with van der Waals surface area (Å²) in [7, 11) is 1.61. The van der Waals surface area contributed by atoms with Crippen LogP contribution < -0.4 is 10.5 Å². The van der Waals surface area contributed by atoms with Gasteiger partial charge in [-0.1, -0.05) is 23.7 Å². The molecule has 0 aliphatic carbocycles. The van der Waals surface area contributed by atoms with E-state index >= 15 is 0 Å². The first-order valence-corrected chi connectivity index (χ1v) is 5.96. The molecule has 0 aliphatic heterocycles. The summed E-state index contributed by atoms with van der Waals surface area (Å²) in [4.78, 5) is 4.21. The van der Waals surface area contributed by atoms with Gasteiger partial charge in [0.2, 0.25) is 11.7 Å². The lowest BCUT2D eigenvalue weighted by Crippen LogP contribution is -1.97. The number of rotatable bonds is 4. The van der Waals surface area contributed by atoms with E-state index in [1.807, 2.05) is 6.92 Å². The van der Waals surface area contributed by atoms with E-state index in [2.05, 4.69) is 10.1 Å². The Hall–Kier alpha value is -1.59. The van der Waals surface area contributed by atoms with Crippen molar-refractivity contribution >= 4 is 11.6 Å². The third-order valence-electron chi connectivity index (χ3n) is 2.63. The van der Waals surface area contributed by atoms with Gasteiger partial charge in [-0.05, 0) is 18.6 Å². The van der Waals surface area contributed by atoms with Crippen molar-refractivity contribution in [2.24, 2.45) is 5.73 Å². The van der Waals surface area contributed by atoms with Gasteiger partial charge >= 0.3 is 0 Å². The molecule has 1 heterocycles. The van der Waals surface area contributed by atoms with Crippen LogP contribution in [0.1, 0.15) is 18.4 Å². The molecule has 0 fully saturated rings. The van der Waals surface area contributed by atoms with Crippen molar-refractivity contribution in [1.29, 1.82) is 0 Å². The second kappa shape index (κ2) is 5.37. The Morgan fingerprint density at radius 3 is 2.78 bits per heavy atom. The minimum atomic E-state index is 0.214. The standard InChI is InChI=1S/C12H14ClN3O2/c1-3-8-9(4-7(13)5-10(8)17-2)12-15-11(6-14)18-16-12/h4-5H,3,6,14H2,1-2H3. The molecule has 2 aromatic rings. The molecule has 1 aromatic heterocycles. The normalized spacial score (nSPS) is 10.7. The first-order valence-electron chi connectivity index (χ1n) is 5.59. The van der Waals surface area contributed by atoms with Crippen LogP contribution in [0.25, 0.3) is 11.4 Å². The molecule has 0 aliphatic rings. The van der Waals surface area contributed by atoms with E-state index in [9.17, 15) is 0 Å². The second-order valence-corrected chi connectivity index (χ2v) is 4.14. The van der Waals surface area contributed by atoms with Gasteiger partial charge in [0.05, 0.1) is 13.7 Å². The first kappa shape index (κ1) is 12.9. The van der Waals surface area contributed by atoms with E-state index in [1.54, 1.807) is 19.2 Å². The molecule has 2 N–H and O–H groups in total. The fourth-order valence-electron chi connectivity index (χ4n) is 1.81. The van der Waals surface area contributed by atoms with Crippen molar-refractivity contribution < 1.29 is 9.26 Å². The number of aromatic nitrogens is 2. The van der Waals surface area contributed by atoms with Crippen LogP contribution in [-0.4, -0.2) is 17.3 Å². The van der Waals surface area contributed by atoms with Crippen LogP contribution in [-0.2, 0) is 13.0 Å². The maximum absolute atomic E-state index is 6.06. The monoisotopic (exact) mass is 267 g/mol. The Kier molecular flexibility index (Phi) is 3.84. The number of benzene rings is 1. The van der Waals surface area contributed by atoms with E-state index < -0.39 is 0 Å². The van der Waals surface area contributed by atoms with Crippen LogP contribution in [0.5, 0.6) is 5.75 Å². The van der Waals surface area contributed by atoms with Crippen LogP contribution in [0.2, 0.25) is 5.02 Å². The lowest BCUT2D eigenvalue weighted by molar-refractivity contribution is 0.380. The largest absolute Gasteiger partial charge is 0.496 e. The zero-order valence-electron chi connectivity index (χ0n) is 10.2. The summed E-state index contributed by atoms with van der Waals surface area (Å²) in [6.45, 7) is 2.24.